The van der Waals surface area contributed by atoms with Crippen molar-refractivity contribution in [1.82, 2.24) is 20.1 Å². The molecule has 0 aromatic carbocycles. The molecule has 4 unspecified atom stereocenters. The fourth-order valence-electron chi connectivity index (χ4n) is 3.24. The van der Waals surface area contributed by atoms with E-state index < -0.39 is 53.0 Å². The summed E-state index contributed by atoms with van der Waals surface area (Å²) in [6, 6.07) is -0.266. The van der Waals surface area contributed by atoms with E-state index in [1.165, 1.54) is 6.92 Å². The van der Waals surface area contributed by atoms with E-state index in [0.717, 1.165) is 36.1 Å². The second-order valence-electron chi connectivity index (χ2n) is 6.79. The van der Waals surface area contributed by atoms with Crippen molar-refractivity contribution in [2.45, 2.75) is 49.8 Å². The summed E-state index contributed by atoms with van der Waals surface area (Å²) in [5, 5.41) is 8.87. The number of Topliss-reactive ketones (excluding diaryl/α,β-unsaturated/α-hetero) is 1. The number of ketones is 1. The van der Waals surface area contributed by atoms with Gasteiger partial charge in [0.15, 0.2) is 5.78 Å². The van der Waals surface area contributed by atoms with Gasteiger partial charge in [0.2, 0.25) is 0 Å². The summed E-state index contributed by atoms with van der Waals surface area (Å²) in [7, 11) is 0. The molecule has 1 aliphatic heterocycles. The highest BCUT2D eigenvalue weighted by Crippen LogP contribution is 2.44. The molecule has 2 aromatic heterocycles. The van der Waals surface area contributed by atoms with Gasteiger partial charge in [-0.2, -0.15) is 31.4 Å². The van der Waals surface area contributed by atoms with E-state index >= 15 is 0 Å². The molecule has 0 amide bonds. The number of pyridine rings is 1. The van der Waals surface area contributed by atoms with E-state index in [-0.39, 0.29) is 11.4 Å². The lowest BCUT2D eigenvalue weighted by Gasteiger charge is -2.39. The quantitative estimate of drug-likeness (QED) is 0.311. The highest BCUT2D eigenvalue weighted by atomic mass is 35.5. The number of anilines is 1. The van der Waals surface area contributed by atoms with Crippen LogP contribution in [0.15, 0.2) is 24.5 Å². The summed E-state index contributed by atoms with van der Waals surface area (Å²) in [5.41, 5.74) is -2.95. The Labute approximate surface area is 171 Å². The van der Waals surface area contributed by atoms with Crippen LogP contribution < -0.4 is 10.6 Å². The number of aromatic nitrogens is 3. The van der Waals surface area contributed by atoms with Crippen molar-refractivity contribution in [3.05, 3.63) is 41.3 Å². The number of rotatable bonds is 4. The molecular formula is C17H16ClF6N5O. The summed E-state index contributed by atoms with van der Waals surface area (Å²) >= 11 is 6.30. The molecule has 3 heterocycles. The smallest absolute Gasteiger partial charge is 0.353 e. The van der Waals surface area contributed by atoms with Crippen LogP contribution in [0.3, 0.4) is 0 Å². The van der Waals surface area contributed by atoms with Gasteiger partial charge >= 0.3 is 12.4 Å². The Morgan fingerprint density at radius 2 is 1.97 bits per heavy atom. The summed E-state index contributed by atoms with van der Waals surface area (Å²) in [6.07, 6.45) is -8.75. The topological polar surface area (TPSA) is 71.8 Å². The van der Waals surface area contributed by atoms with Crippen molar-refractivity contribution in [3.8, 4) is 0 Å². The first-order valence-corrected chi connectivity index (χ1v) is 9.10. The molecule has 0 bridgehead atoms. The normalized spacial score (nSPS) is 22.9. The van der Waals surface area contributed by atoms with Crippen molar-refractivity contribution in [2.24, 2.45) is 0 Å². The number of nitrogens with zero attached hydrogens (tertiary/aromatic N) is 3. The number of alkyl halides is 7. The van der Waals surface area contributed by atoms with Crippen LogP contribution in [-0.4, -0.2) is 38.3 Å². The lowest BCUT2D eigenvalue weighted by atomic mass is 9.93. The lowest BCUT2D eigenvalue weighted by molar-refractivity contribution is -0.156. The van der Waals surface area contributed by atoms with Crippen molar-refractivity contribution in [1.29, 1.82) is 0 Å². The zero-order valence-corrected chi connectivity index (χ0v) is 16.3. The van der Waals surface area contributed by atoms with Crippen molar-refractivity contribution in [2.75, 3.05) is 5.32 Å². The number of hydrogen-bond acceptors (Lipinski definition) is 5. The lowest BCUT2D eigenvalue weighted by Crippen LogP contribution is -2.50. The fourth-order valence-corrected chi connectivity index (χ4v) is 3.60. The Bertz CT molecular complexity index is 943. The Hall–Kier alpha value is -2.34. The third kappa shape index (κ3) is 4.10. The van der Waals surface area contributed by atoms with Gasteiger partial charge in [-0.05, 0) is 26.0 Å². The van der Waals surface area contributed by atoms with Crippen LogP contribution in [0.2, 0.25) is 0 Å². The number of carbonyl (C=O) groups is 1. The highest BCUT2D eigenvalue weighted by molar-refractivity contribution is 6.22. The summed E-state index contributed by atoms with van der Waals surface area (Å²) in [4.78, 5) is 15.6. The van der Waals surface area contributed by atoms with E-state index in [4.69, 9.17) is 11.6 Å². The Morgan fingerprint density at radius 1 is 1.30 bits per heavy atom. The molecule has 0 spiro atoms. The summed E-state index contributed by atoms with van der Waals surface area (Å²) in [6.45, 7) is 2.04. The Kier molecular flexibility index (Phi) is 5.76. The molecule has 2 N–H and O–H groups in total. The van der Waals surface area contributed by atoms with Crippen LogP contribution in [0, 0.1) is 0 Å². The molecule has 0 aliphatic carbocycles. The van der Waals surface area contributed by atoms with E-state index in [0.29, 0.717) is 0 Å². The largest absolute Gasteiger partial charge is 0.418 e. The van der Waals surface area contributed by atoms with Gasteiger partial charge in [0.05, 0.1) is 28.9 Å². The van der Waals surface area contributed by atoms with Gasteiger partial charge in [-0.3, -0.25) is 15.1 Å². The number of halogens is 7. The Balaban J connectivity index is 2.17. The van der Waals surface area contributed by atoms with Gasteiger partial charge in [-0.25, -0.2) is 4.68 Å². The van der Waals surface area contributed by atoms with E-state index in [2.05, 4.69) is 20.7 Å². The average Bonchev–Trinajstić information content (AvgIpc) is 3.04. The van der Waals surface area contributed by atoms with Crippen LogP contribution in [0.5, 0.6) is 0 Å². The minimum absolute atomic E-state index is 0.00937. The number of carbonyl (C=O) groups excluding carboxylic acids is 1. The fraction of sp³-hybridized carbons (Fsp3) is 0.471. The third-order valence-electron chi connectivity index (χ3n) is 4.74. The van der Waals surface area contributed by atoms with Crippen molar-refractivity contribution < 1.29 is 31.1 Å². The van der Waals surface area contributed by atoms with Crippen LogP contribution in [0.1, 0.15) is 47.5 Å². The zero-order valence-electron chi connectivity index (χ0n) is 15.5. The Morgan fingerprint density at radius 3 is 2.53 bits per heavy atom. The van der Waals surface area contributed by atoms with Gasteiger partial charge in [-0.15, -0.1) is 0 Å². The molecule has 164 valence electrons. The molecule has 0 fully saturated rings. The van der Waals surface area contributed by atoms with E-state index in [1.807, 2.05) is 0 Å². The molecule has 0 saturated carbocycles. The number of fused-ring (bicyclic) bond motifs is 1. The molecule has 3 rings (SSSR count). The predicted octanol–water partition coefficient (Wildman–Crippen LogP) is 4.31. The maximum absolute atomic E-state index is 13.5. The van der Waals surface area contributed by atoms with Crippen LogP contribution in [-0.2, 0) is 6.18 Å². The van der Waals surface area contributed by atoms with Crippen molar-refractivity contribution >= 4 is 23.2 Å². The van der Waals surface area contributed by atoms with E-state index in [1.54, 1.807) is 0 Å². The van der Waals surface area contributed by atoms with Crippen LogP contribution in [0.4, 0.5) is 32.2 Å². The first-order valence-electron chi connectivity index (χ1n) is 8.66. The highest BCUT2D eigenvalue weighted by Gasteiger charge is 2.47. The minimum atomic E-state index is -4.81. The molecule has 30 heavy (non-hydrogen) atoms. The summed E-state index contributed by atoms with van der Waals surface area (Å²) in [5.74, 6) is -1.83. The number of hydrogen-bond donors (Lipinski definition) is 2. The molecule has 6 nitrogen and oxygen atoms in total. The van der Waals surface area contributed by atoms with Crippen molar-refractivity contribution in [3.63, 3.8) is 0 Å². The molecule has 13 heteroatoms. The predicted molar refractivity (Wildman–Crippen MR) is 95.2 cm³/mol. The SMILES string of the molecule is CC(=O)c1cnn2c1NC(Cl)C(c1ncccc1C(F)(F)F)C2NC(C)C(F)(F)F. The van der Waals surface area contributed by atoms with Crippen LogP contribution >= 0.6 is 11.6 Å². The van der Waals surface area contributed by atoms with Gasteiger partial charge < -0.3 is 5.32 Å². The van der Waals surface area contributed by atoms with E-state index in [9.17, 15) is 31.1 Å². The maximum atomic E-state index is 13.5. The monoisotopic (exact) mass is 455 g/mol. The van der Waals surface area contributed by atoms with Crippen LogP contribution in [0.25, 0.3) is 0 Å². The molecule has 0 saturated heterocycles. The number of nitrogens with one attached hydrogen (secondary N) is 2. The van der Waals surface area contributed by atoms with Gasteiger partial charge in [0.1, 0.15) is 23.5 Å². The average molecular weight is 456 g/mol. The molecule has 4 atom stereocenters. The maximum Gasteiger partial charge on any atom is 0.418 e. The molecular weight excluding hydrogens is 440 g/mol. The summed E-state index contributed by atoms with van der Waals surface area (Å²) < 4.78 is 81.3. The van der Waals surface area contributed by atoms with Gasteiger partial charge in [0, 0.05) is 6.20 Å². The minimum Gasteiger partial charge on any atom is -0.353 e. The second kappa shape index (κ2) is 7.73. The first kappa shape index (κ1) is 22.3. The molecule has 0 radical (unpaired) electrons. The standard InChI is InChI=1S/C17H16ClF6N5O/c1-7(30)9-6-26-29-14(9)28-13(18)11(15(29)27-8(2)16(19,20)21)12-10(17(22,23)24)4-3-5-25-12/h3-6,8,11,13,15,27-28H,1-2H3. The first-order chi connectivity index (χ1) is 13.8. The molecule has 1 aliphatic rings. The van der Waals surface area contributed by atoms with Gasteiger partial charge in [-0.1, -0.05) is 11.6 Å². The molecule has 2 aromatic rings. The van der Waals surface area contributed by atoms with Gasteiger partial charge in [0.25, 0.3) is 0 Å². The zero-order chi connectivity index (χ0) is 22.4. The second-order valence-corrected chi connectivity index (χ2v) is 7.26. The third-order valence-corrected chi connectivity index (χ3v) is 5.12.